The highest BCUT2D eigenvalue weighted by atomic mass is 16.3. The van der Waals surface area contributed by atoms with Crippen LogP contribution in [0.3, 0.4) is 0 Å². The highest BCUT2D eigenvalue weighted by Crippen LogP contribution is 2.37. The predicted molar refractivity (Wildman–Crippen MR) is 94.5 cm³/mol. The SMILES string of the molecule is Cc1c(-c2cccc[n+]2C)cc2oc3c(C#N)cccc3c2c1C. The molecule has 116 valence electrons. The van der Waals surface area contributed by atoms with Crippen molar-refractivity contribution >= 4 is 21.9 Å². The molecule has 0 fully saturated rings. The van der Waals surface area contributed by atoms with Crippen molar-refractivity contribution in [3.05, 3.63) is 65.4 Å². The normalized spacial score (nSPS) is 11.1. The lowest BCUT2D eigenvalue weighted by atomic mass is 9.95. The van der Waals surface area contributed by atoms with Crippen LogP contribution >= 0.6 is 0 Å². The number of aryl methyl sites for hydroxylation is 2. The molecule has 0 saturated carbocycles. The van der Waals surface area contributed by atoms with Crippen LogP contribution in [0.5, 0.6) is 0 Å². The Morgan fingerprint density at radius 3 is 2.62 bits per heavy atom. The lowest BCUT2D eigenvalue weighted by Gasteiger charge is -2.08. The molecule has 3 heteroatoms. The van der Waals surface area contributed by atoms with E-state index >= 15 is 0 Å². The maximum atomic E-state index is 9.34. The molecule has 0 radical (unpaired) electrons. The van der Waals surface area contributed by atoms with Crippen molar-refractivity contribution in [1.29, 1.82) is 5.26 Å². The number of nitrogens with zero attached hydrogens (tertiary/aromatic N) is 2. The van der Waals surface area contributed by atoms with Gasteiger partial charge < -0.3 is 4.42 Å². The maximum Gasteiger partial charge on any atom is 0.212 e. The Balaban J connectivity index is 2.14. The Hall–Kier alpha value is -3.12. The molecule has 2 heterocycles. The van der Waals surface area contributed by atoms with E-state index in [1.165, 1.54) is 11.1 Å². The molecule has 0 aliphatic heterocycles. The van der Waals surface area contributed by atoms with Gasteiger partial charge in [0, 0.05) is 22.9 Å². The summed E-state index contributed by atoms with van der Waals surface area (Å²) in [6, 6.07) is 16.2. The summed E-state index contributed by atoms with van der Waals surface area (Å²) in [6.07, 6.45) is 2.04. The van der Waals surface area contributed by atoms with Crippen molar-refractivity contribution in [3.63, 3.8) is 0 Å². The molecule has 0 bridgehead atoms. The summed E-state index contributed by atoms with van der Waals surface area (Å²) in [6.45, 7) is 4.27. The van der Waals surface area contributed by atoms with Gasteiger partial charge in [0.2, 0.25) is 5.69 Å². The summed E-state index contributed by atoms with van der Waals surface area (Å²) in [5.74, 6) is 0. The Bertz CT molecular complexity index is 1150. The standard InChI is InChI=1S/C21H17N2O/c1-13-14(2)20-16-8-6-7-15(12-22)21(16)24-19(20)11-17(13)18-9-4-5-10-23(18)3/h4-11H,1-3H3/q+1. The molecule has 0 N–H and O–H groups in total. The van der Waals surface area contributed by atoms with Crippen LogP contribution in [0.4, 0.5) is 0 Å². The number of pyridine rings is 1. The average molecular weight is 313 g/mol. The molecule has 0 saturated heterocycles. The number of para-hydroxylation sites is 1. The first-order valence-electron chi connectivity index (χ1n) is 7.92. The maximum absolute atomic E-state index is 9.34. The molecule has 4 aromatic rings. The molecule has 0 aliphatic rings. The van der Waals surface area contributed by atoms with Gasteiger partial charge in [-0.25, -0.2) is 4.57 Å². The summed E-state index contributed by atoms with van der Waals surface area (Å²) in [4.78, 5) is 0. The monoisotopic (exact) mass is 313 g/mol. The molecule has 24 heavy (non-hydrogen) atoms. The number of hydrogen-bond acceptors (Lipinski definition) is 2. The first-order valence-corrected chi connectivity index (χ1v) is 7.92. The molecule has 0 spiro atoms. The Morgan fingerprint density at radius 2 is 1.88 bits per heavy atom. The summed E-state index contributed by atoms with van der Waals surface area (Å²) < 4.78 is 8.19. The minimum absolute atomic E-state index is 0.576. The minimum atomic E-state index is 0.576. The number of aromatic nitrogens is 1. The molecule has 0 atom stereocenters. The Morgan fingerprint density at radius 1 is 1.04 bits per heavy atom. The quantitative estimate of drug-likeness (QED) is 0.483. The number of rotatable bonds is 1. The van der Waals surface area contributed by atoms with Gasteiger partial charge in [-0.15, -0.1) is 0 Å². The molecular formula is C21H17N2O+. The van der Waals surface area contributed by atoms with Crippen molar-refractivity contribution in [1.82, 2.24) is 0 Å². The molecule has 3 nitrogen and oxygen atoms in total. The lowest BCUT2D eigenvalue weighted by Crippen LogP contribution is -2.30. The van der Waals surface area contributed by atoms with Gasteiger partial charge in [0.15, 0.2) is 11.8 Å². The van der Waals surface area contributed by atoms with Crippen LogP contribution in [-0.4, -0.2) is 0 Å². The smallest absolute Gasteiger partial charge is 0.212 e. The van der Waals surface area contributed by atoms with Crippen molar-refractivity contribution in [2.75, 3.05) is 0 Å². The number of furan rings is 1. The van der Waals surface area contributed by atoms with Crippen LogP contribution in [0.1, 0.15) is 16.7 Å². The second-order valence-electron chi connectivity index (χ2n) is 6.14. The van der Waals surface area contributed by atoms with Crippen LogP contribution in [0.15, 0.2) is 53.1 Å². The molecule has 0 unspecified atom stereocenters. The third-order valence-electron chi connectivity index (χ3n) is 4.81. The summed E-state index contributed by atoms with van der Waals surface area (Å²) in [5, 5.41) is 11.4. The van der Waals surface area contributed by atoms with Gasteiger partial charge in [0.05, 0.1) is 11.1 Å². The van der Waals surface area contributed by atoms with E-state index in [0.717, 1.165) is 27.6 Å². The van der Waals surface area contributed by atoms with Gasteiger partial charge in [-0.1, -0.05) is 12.1 Å². The largest absolute Gasteiger partial charge is 0.455 e. The molecule has 0 amide bonds. The molecule has 4 rings (SSSR count). The number of fused-ring (bicyclic) bond motifs is 3. The van der Waals surface area contributed by atoms with Crippen molar-refractivity contribution in [3.8, 4) is 17.3 Å². The highest BCUT2D eigenvalue weighted by Gasteiger charge is 2.19. The molecular weight excluding hydrogens is 296 g/mol. The van der Waals surface area contributed by atoms with Gasteiger partial charge in [-0.05, 0) is 43.2 Å². The average Bonchev–Trinajstić information content (AvgIpc) is 2.97. The van der Waals surface area contributed by atoms with Gasteiger partial charge in [-0.2, -0.15) is 5.26 Å². The molecule has 2 aromatic carbocycles. The van der Waals surface area contributed by atoms with E-state index in [-0.39, 0.29) is 0 Å². The van der Waals surface area contributed by atoms with Crippen LogP contribution in [0, 0.1) is 25.2 Å². The Kier molecular flexibility index (Phi) is 3.14. The minimum Gasteiger partial charge on any atom is -0.455 e. The second-order valence-corrected chi connectivity index (χ2v) is 6.14. The van der Waals surface area contributed by atoms with Crippen LogP contribution in [-0.2, 0) is 7.05 Å². The summed E-state index contributed by atoms with van der Waals surface area (Å²) >= 11 is 0. The van der Waals surface area contributed by atoms with Gasteiger partial charge in [0.1, 0.15) is 18.7 Å². The molecule has 0 aliphatic carbocycles. The zero-order valence-corrected chi connectivity index (χ0v) is 13.9. The number of hydrogen-bond donors (Lipinski definition) is 0. The highest BCUT2D eigenvalue weighted by molar-refractivity contribution is 6.09. The van der Waals surface area contributed by atoms with E-state index < -0.39 is 0 Å². The topological polar surface area (TPSA) is 40.8 Å². The second kappa shape index (κ2) is 5.21. The fourth-order valence-electron chi connectivity index (χ4n) is 3.41. The molecule has 2 aromatic heterocycles. The third-order valence-corrected chi connectivity index (χ3v) is 4.81. The number of benzene rings is 2. The van der Waals surface area contributed by atoms with E-state index in [0.29, 0.717) is 11.1 Å². The van der Waals surface area contributed by atoms with Crippen LogP contribution in [0.2, 0.25) is 0 Å². The van der Waals surface area contributed by atoms with Gasteiger partial charge in [-0.3, -0.25) is 0 Å². The first kappa shape index (κ1) is 14.5. The van der Waals surface area contributed by atoms with Gasteiger partial charge >= 0.3 is 0 Å². The van der Waals surface area contributed by atoms with E-state index in [1.807, 2.05) is 37.5 Å². The van der Waals surface area contributed by atoms with E-state index in [9.17, 15) is 5.26 Å². The lowest BCUT2D eigenvalue weighted by molar-refractivity contribution is -0.660. The van der Waals surface area contributed by atoms with E-state index in [4.69, 9.17) is 4.42 Å². The predicted octanol–water partition coefficient (Wildman–Crippen LogP) is 4.57. The summed E-state index contributed by atoms with van der Waals surface area (Å²) in [5.41, 5.74) is 6.80. The number of nitriles is 1. The van der Waals surface area contributed by atoms with E-state index in [2.05, 4.69) is 36.6 Å². The van der Waals surface area contributed by atoms with Gasteiger partial charge in [0.25, 0.3) is 0 Å². The zero-order chi connectivity index (χ0) is 16.8. The fourth-order valence-corrected chi connectivity index (χ4v) is 3.41. The van der Waals surface area contributed by atoms with Crippen molar-refractivity contribution in [2.24, 2.45) is 7.05 Å². The third kappa shape index (κ3) is 1.93. The Labute approximate surface area is 140 Å². The first-order chi connectivity index (χ1) is 11.6. The van der Waals surface area contributed by atoms with Crippen LogP contribution < -0.4 is 4.57 Å². The summed E-state index contributed by atoms with van der Waals surface area (Å²) in [7, 11) is 2.04. The van der Waals surface area contributed by atoms with Crippen molar-refractivity contribution in [2.45, 2.75) is 13.8 Å². The van der Waals surface area contributed by atoms with Crippen LogP contribution in [0.25, 0.3) is 33.2 Å². The fraction of sp³-hybridized carbons (Fsp3) is 0.143. The van der Waals surface area contributed by atoms with Crippen molar-refractivity contribution < 1.29 is 8.98 Å². The van der Waals surface area contributed by atoms with E-state index in [1.54, 1.807) is 6.07 Å². The zero-order valence-electron chi connectivity index (χ0n) is 13.9.